The molecule has 0 saturated carbocycles. The highest BCUT2D eigenvalue weighted by molar-refractivity contribution is 8.00. The van der Waals surface area contributed by atoms with Gasteiger partial charge in [-0.2, -0.15) is 0 Å². The van der Waals surface area contributed by atoms with Gasteiger partial charge in [0.25, 0.3) is 11.6 Å². The van der Waals surface area contributed by atoms with Gasteiger partial charge in [-0.05, 0) is 55.0 Å². The summed E-state index contributed by atoms with van der Waals surface area (Å²) in [5.74, 6) is 0.185. The van der Waals surface area contributed by atoms with E-state index in [-0.39, 0.29) is 22.8 Å². The lowest BCUT2D eigenvalue weighted by Gasteiger charge is -2.14. The van der Waals surface area contributed by atoms with Crippen molar-refractivity contribution in [3.8, 4) is 5.75 Å². The van der Waals surface area contributed by atoms with E-state index in [0.29, 0.717) is 22.8 Å². The third-order valence-corrected chi connectivity index (χ3v) is 7.49. The number of anilines is 2. The summed E-state index contributed by atoms with van der Waals surface area (Å²) in [7, 11) is 1.60. The van der Waals surface area contributed by atoms with Gasteiger partial charge in [0.15, 0.2) is 5.13 Å². The Balaban J connectivity index is 1.41. The predicted molar refractivity (Wildman–Crippen MR) is 142 cm³/mol. The average Bonchev–Trinajstić information content (AvgIpc) is 3.28. The van der Waals surface area contributed by atoms with Crippen LogP contribution in [0.5, 0.6) is 5.75 Å². The van der Waals surface area contributed by atoms with E-state index < -0.39 is 4.92 Å². The molecule has 3 aromatic carbocycles. The molecule has 0 spiro atoms. The maximum atomic E-state index is 13.0. The fourth-order valence-electron chi connectivity index (χ4n) is 3.34. The van der Waals surface area contributed by atoms with Crippen LogP contribution in [0.1, 0.15) is 23.7 Å². The molecule has 9 nitrogen and oxygen atoms in total. The fourth-order valence-corrected chi connectivity index (χ4v) is 5.25. The number of hydrogen-bond acceptors (Lipinski definition) is 8. The van der Waals surface area contributed by atoms with E-state index in [2.05, 4.69) is 15.6 Å². The third kappa shape index (κ3) is 5.99. The Bertz CT molecular complexity index is 1420. The highest BCUT2D eigenvalue weighted by atomic mass is 32.2. The van der Waals surface area contributed by atoms with Crippen molar-refractivity contribution >= 4 is 61.6 Å². The summed E-state index contributed by atoms with van der Waals surface area (Å²) in [6.45, 7) is 1.93. The molecule has 0 radical (unpaired) electrons. The number of thioether (sulfide) groups is 1. The third-order valence-electron chi connectivity index (χ3n) is 5.20. The number of hydrogen-bond donors (Lipinski definition) is 2. The minimum Gasteiger partial charge on any atom is -0.497 e. The number of non-ortho nitro benzene ring substituents is 1. The smallest absolute Gasteiger partial charge is 0.269 e. The highest BCUT2D eigenvalue weighted by Crippen LogP contribution is 2.32. The van der Waals surface area contributed by atoms with Crippen LogP contribution in [0.15, 0.2) is 71.6 Å². The lowest BCUT2D eigenvalue weighted by molar-refractivity contribution is -0.384. The van der Waals surface area contributed by atoms with Crippen LogP contribution >= 0.6 is 23.1 Å². The number of rotatable bonds is 9. The van der Waals surface area contributed by atoms with Crippen LogP contribution in [0.25, 0.3) is 10.2 Å². The molecular weight excluding hydrogens is 500 g/mol. The molecule has 0 aliphatic heterocycles. The van der Waals surface area contributed by atoms with Gasteiger partial charge in [-0.1, -0.05) is 24.3 Å². The molecule has 184 valence electrons. The van der Waals surface area contributed by atoms with Crippen LogP contribution < -0.4 is 15.4 Å². The predicted octanol–water partition coefficient (Wildman–Crippen LogP) is 5.97. The summed E-state index contributed by atoms with van der Waals surface area (Å²) in [4.78, 5) is 41.1. The molecule has 1 heterocycles. The molecule has 0 bridgehead atoms. The molecule has 0 saturated heterocycles. The number of fused-ring (bicyclic) bond motifs is 1. The monoisotopic (exact) mass is 522 g/mol. The summed E-state index contributed by atoms with van der Waals surface area (Å²) < 4.78 is 6.16. The van der Waals surface area contributed by atoms with E-state index in [9.17, 15) is 19.7 Å². The maximum Gasteiger partial charge on any atom is 0.269 e. The number of aromatic nitrogens is 1. The summed E-state index contributed by atoms with van der Waals surface area (Å²) in [5.41, 5.74) is 1.56. The molecule has 1 aromatic heterocycles. The van der Waals surface area contributed by atoms with Gasteiger partial charge in [-0.15, -0.1) is 11.8 Å². The molecule has 4 rings (SSSR count). The van der Waals surface area contributed by atoms with E-state index in [0.717, 1.165) is 20.9 Å². The molecular formula is C25H22N4O5S2. The fraction of sp³-hybridized carbons (Fsp3) is 0.160. The van der Waals surface area contributed by atoms with Gasteiger partial charge in [-0.25, -0.2) is 4.98 Å². The van der Waals surface area contributed by atoms with Gasteiger partial charge >= 0.3 is 0 Å². The summed E-state index contributed by atoms with van der Waals surface area (Å²) in [6, 6.07) is 18.1. The summed E-state index contributed by atoms with van der Waals surface area (Å²) in [5, 5.41) is 16.7. The van der Waals surface area contributed by atoms with E-state index in [1.807, 2.05) is 31.2 Å². The van der Waals surface area contributed by atoms with Crippen LogP contribution in [0, 0.1) is 10.1 Å². The first-order valence-corrected chi connectivity index (χ1v) is 12.6. The maximum absolute atomic E-state index is 13.0. The zero-order valence-corrected chi connectivity index (χ0v) is 21.0. The standard InChI is InChI=1S/C25H22N4O5S2/c1-3-21(24(31)28-25-27-20-12-11-18(34-2)14-22(20)36-25)35-19-6-4-5-16(13-19)26-23(30)15-7-9-17(10-8-15)29(32)33/h4-14,21H,3H2,1-2H3,(H,26,30)(H,27,28,31). The summed E-state index contributed by atoms with van der Waals surface area (Å²) >= 11 is 2.77. The molecule has 4 aromatic rings. The molecule has 36 heavy (non-hydrogen) atoms. The molecule has 1 unspecified atom stereocenters. The van der Waals surface area contributed by atoms with Crippen molar-refractivity contribution in [3.05, 3.63) is 82.4 Å². The number of amides is 2. The number of nitrogens with one attached hydrogen (secondary N) is 2. The first kappa shape index (κ1) is 25.1. The lowest BCUT2D eigenvalue weighted by atomic mass is 10.2. The van der Waals surface area contributed by atoms with Gasteiger partial charge in [0.2, 0.25) is 5.91 Å². The number of methoxy groups -OCH3 is 1. The zero-order valence-electron chi connectivity index (χ0n) is 19.4. The molecule has 11 heteroatoms. The second-order valence-electron chi connectivity index (χ2n) is 7.64. The van der Waals surface area contributed by atoms with Gasteiger partial charge in [0.05, 0.1) is 27.5 Å². The topological polar surface area (TPSA) is 123 Å². The lowest BCUT2D eigenvalue weighted by Crippen LogP contribution is -2.24. The number of nitro benzene ring substituents is 1. The molecule has 0 aliphatic carbocycles. The Hall–Kier alpha value is -3.96. The van der Waals surface area contributed by atoms with Crippen LogP contribution in [0.2, 0.25) is 0 Å². The first-order valence-electron chi connectivity index (χ1n) is 10.9. The zero-order chi connectivity index (χ0) is 25.7. The number of nitro groups is 1. The van der Waals surface area contributed by atoms with E-state index in [4.69, 9.17) is 4.74 Å². The van der Waals surface area contributed by atoms with Gasteiger partial charge in [-0.3, -0.25) is 19.7 Å². The second-order valence-corrected chi connectivity index (χ2v) is 9.95. The number of nitrogens with zero attached hydrogens (tertiary/aromatic N) is 2. The SMILES string of the molecule is CCC(Sc1cccc(NC(=O)c2ccc([N+](=O)[O-])cc2)c1)C(=O)Nc1nc2ccc(OC)cc2s1. The molecule has 2 amide bonds. The van der Waals surface area contributed by atoms with Crippen LogP contribution in [-0.4, -0.2) is 34.1 Å². The Morgan fingerprint density at radius 1 is 1.11 bits per heavy atom. The Morgan fingerprint density at radius 3 is 2.58 bits per heavy atom. The van der Waals surface area contributed by atoms with E-state index >= 15 is 0 Å². The van der Waals surface area contributed by atoms with Crippen molar-refractivity contribution in [2.75, 3.05) is 17.7 Å². The average molecular weight is 523 g/mol. The largest absolute Gasteiger partial charge is 0.497 e. The molecule has 1 atom stereocenters. The Kier molecular flexibility index (Phi) is 7.81. The number of benzene rings is 3. The van der Waals surface area contributed by atoms with Crippen molar-refractivity contribution in [2.24, 2.45) is 0 Å². The highest BCUT2D eigenvalue weighted by Gasteiger charge is 2.20. The van der Waals surface area contributed by atoms with Gasteiger partial charge in [0, 0.05) is 28.3 Å². The van der Waals surface area contributed by atoms with E-state index in [1.165, 1.54) is 47.4 Å². The number of thiazole rings is 1. The number of carbonyl (C=O) groups is 2. The van der Waals surface area contributed by atoms with E-state index in [1.54, 1.807) is 25.3 Å². The molecule has 2 N–H and O–H groups in total. The molecule has 0 aliphatic rings. The van der Waals surface area contributed by atoms with Crippen molar-refractivity contribution in [1.29, 1.82) is 0 Å². The second kappa shape index (κ2) is 11.2. The number of carbonyl (C=O) groups excluding carboxylic acids is 2. The van der Waals surface area contributed by atoms with Gasteiger partial charge in [0.1, 0.15) is 5.75 Å². The van der Waals surface area contributed by atoms with Crippen molar-refractivity contribution in [1.82, 2.24) is 4.98 Å². The van der Waals surface area contributed by atoms with Crippen molar-refractivity contribution in [3.63, 3.8) is 0 Å². The van der Waals surface area contributed by atoms with Gasteiger partial charge < -0.3 is 15.4 Å². The Labute approximate surface area is 215 Å². The minimum absolute atomic E-state index is 0.0839. The minimum atomic E-state index is -0.517. The van der Waals surface area contributed by atoms with Crippen LogP contribution in [-0.2, 0) is 4.79 Å². The number of ether oxygens (including phenoxy) is 1. The van der Waals surface area contributed by atoms with Crippen LogP contribution in [0.4, 0.5) is 16.5 Å². The Morgan fingerprint density at radius 2 is 1.89 bits per heavy atom. The van der Waals surface area contributed by atoms with Crippen molar-refractivity contribution < 1.29 is 19.2 Å². The summed E-state index contributed by atoms with van der Waals surface area (Å²) in [6.07, 6.45) is 0.592. The normalized spacial score (nSPS) is 11.6. The quantitative estimate of drug-likeness (QED) is 0.158. The molecule has 0 fully saturated rings. The first-order chi connectivity index (χ1) is 17.4. The van der Waals surface area contributed by atoms with Crippen molar-refractivity contribution in [2.45, 2.75) is 23.5 Å². The van der Waals surface area contributed by atoms with Crippen LogP contribution in [0.3, 0.4) is 0 Å².